The van der Waals surface area contributed by atoms with E-state index >= 15 is 0 Å². The number of Topliss-reactive ketones (excluding diaryl/α,β-unsaturated/α-hetero) is 2. The molecule has 2 N–H and O–H groups in total. The number of allylic oxidation sites excluding steroid dienone is 1. The summed E-state index contributed by atoms with van der Waals surface area (Å²) >= 11 is 1.67. The summed E-state index contributed by atoms with van der Waals surface area (Å²) in [5.74, 6) is -1.56. The van der Waals surface area contributed by atoms with E-state index in [0.717, 1.165) is 12.0 Å². The Morgan fingerprint density at radius 3 is 3.05 bits per heavy atom. The maximum atomic E-state index is 11.9. The van der Waals surface area contributed by atoms with E-state index in [1.807, 2.05) is 5.41 Å². The number of tetrazole rings is 1. The van der Waals surface area contributed by atoms with Crippen molar-refractivity contribution < 1.29 is 9.59 Å². The number of aromatic nitrogens is 6. The third-order valence-electron chi connectivity index (χ3n) is 2.93. The standard InChI is InChI=1S/C11H10N6O2S/c18-8(10(19)11-14-16-17-15-11)4-7-6(5-12-13-7)9-2-1-3-20-9/h1,3,5,9H,2,4H2,(H,12,13)(H,14,15,16,17). The first-order chi connectivity index (χ1) is 9.75. The zero-order chi connectivity index (χ0) is 13.9. The maximum absolute atomic E-state index is 11.9. The summed E-state index contributed by atoms with van der Waals surface area (Å²) in [5, 5.41) is 21.4. The van der Waals surface area contributed by atoms with Crippen LogP contribution in [0.2, 0.25) is 0 Å². The molecule has 1 aliphatic rings. The van der Waals surface area contributed by atoms with Crippen LogP contribution in [0.1, 0.15) is 33.5 Å². The highest BCUT2D eigenvalue weighted by atomic mass is 32.2. The third-order valence-corrected chi connectivity index (χ3v) is 4.05. The van der Waals surface area contributed by atoms with Gasteiger partial charge in [0.05, 0.1) is 12.6 Å². The molecule has 3 heterocycles. The van der Waals surface area contributed by atoms with Crippen LogP contribution < -0.4 is 0 Å². The van der Waals surface area contributed by atoms with Crippen molar-refractivity contribution in [1.29, 1.82) is 0 Å². The van der Waals surface area contributed by atoms with Gasteiger partial charge in [-0.05, 0) is 17.0 Å². The molecule has 9 heteroatoms. The second-order valence-corrected chi connectivity index (χ2v) is 5.31. The Balaban J connectivity index is 1.73. The van der Waals surface area contributed by atoms with E-state index in [-0.39, 0.29) is 17.5 Å². The zero-order valence-corrected chi connectivity index (χ0v) is 11.1. The number of hydrogen-bond donors (Lipinski definition) is 2. The number of hydrogen-bond acceptors (Lipinski definition) is 7. The second kappa shape index (κ2) is 5.37. The largest absolute Gasteiger partial charge is 0.290 e. The zero-order valence-electron chi connectivity index (χ0n) is 10.2. The van der Waals surface area contributed by atoms with Gasteiger partial charge >= 0.3 is 0 Å². The fraction of sp³-hybridized carbons (Fsp3) is 0.273. The first-order valence-electron chi connectivity index (χ1n) is 5.89. The van der Waals surface area contributed by atoms with Gasteiger partial charge in [-0.2, -0.15) is 10.3 Å². The van der Waals surface area contributed by atoms with Gasteiger partial charge in [0.2, 0.25) is 11.6 Å². The minimum Gasteiger partial charge on any atom is -0.290 e. The summed E-state index contributed by atoms with van der Waals surface area (Å²) in [6.45, 7) is 0. The summed E-state index contributed by atoms with van der Waals surface area (Å²) in [6.07, 6.45) is 4.62. The number of thioether (sulfide) groups is 1. The Labute approximate surface area is 117 Å². The number of rotatable bonds is 5. The molecule has 0 spiro atoms. The Hall–Kier alpha value is -2.29. The van der Waals surface area contributed by atoms with Gasteiger partial charge in [0.1, 0.15) is 0 Å². The van der Waals surface area contributed by atoms with Crippen molar-refractivity contribution in [2.24, 2.45) is 0 Å². The SMILES string of the molecule is O=C(Cc1[nH]ncc1C1CC=CS1)C(=O)c1nn[nH]n1. The van der Waals surface area contributed by atoms with E-state index in [1.54, 1.807) is 18.0 Å². The number of carbonyl (C=O) groups excluding carboxylic acids is 2. The molecular weight excluding hydrogens is 280 g/mol. The molecule has 0 saturated heterocycles. The molecule has 2 aromatic rings. The highest BCUT2D eigenvalue weighted by molar-refractivity contribution is 8.02. The van der Waals surface area contributed by atoms with E-state index in [1.165, 1.54) is 0 Å². The van der Waals surface area contributed by atoms with Gasteiger partial charge in [-0.3, -0.25) is 14.7 Å². The van der Waals surface area contributed by atoms with Crippen molar-refractivity contribution in [1.82, 2.24) is 30.8 Å². The molecule has 1 atom stereocenters. The summed E-state index contributed by atoms with van der Waals surface area (Å²) in [6, 6.07) is 0. The predicted molar refractivity (Wildman–Crippen MR) is 69.9 cm³/mol. The number of carbonyl (C=O) groups is 2. The minimum atomic E-state index is -0.753. The molecule has 8 nitrogen and oxygen atoms in total. The Morgan fingerprint density at radius 1 is 1.45 bits per heavy atom. The van der Waals surface area contributed by atoms with Gasteiger partial charge in [-0.15, -0.1) is 22.0 Å². The number of H-pyrrole nitrogens is 2. The molecule has 1 aliphatic heterocycles. The summed E-state index contributed by atoms with van der Waals surface area (Å²) in [7, 11) is 0. The molecular formula is C11H10N6O2S. The molecule has 0 aliphatic carbocycles. The Morgan fingerprint density at radius 2 is 2.35 bits per heavy atom. The van der Waals surface area contributed by atoms with Crippen molar-refractivity contribution in [2.45, 2.75) is 18.1 Å². The van der Waals surface area contributed by atoms with E-state index < -0.39 is 11.6 Å². The second-order valence-electron chi connectivity index (χ2n) is 4.20. The average molecular weight is 290 g/mol. The fourth-order valence-corrected chi connectivity index (χ4v) is 2.93. The first kappa shape index (κ1) is 12.7. The van der Waals surface area contributed by atoms with E-state index in [4.69, 9.17) is 0 Å². The number of aromatic amines is 2. The molecule has 0 fully saturated rings. The van der Waals surface area contributed by atoms with Gasteiger partial charge in [0.15, 0.2) is 0 Å². The molecule has 2 aromatic heterocycles. The van der Waals surface area contributed by atoms with Gasteiger partial charge in [0, 0.05) is 16.5 Å². The minimum absolute atomic E-state index is 0.0419. The van der Waals surface area contributed by atoms with Gasteiger partial charge in [-0.1, -0.05) is 6.08 Å². The van der Waals surface area contributed by atoms with E-state index in [0.29, 0.717) is 5.69 Å². The van der Waals surface area contributed by atoms with Crippen LogP contribution in [0.5, 0.6) is 0 Å². The van der Waals surface area contributed by atoms with Crippen LogP contribution in [0, 0.1) is 0 Å². The van der Waals surface area contributed by atoms with Crippen molar-refractivity contribution in [2.75, 3.05) is 0 Å². The summed E-state index contributed by atoms with van der Waals surface area (Å²) in [5.41, 5.74) is 1.61. The highest BCUT2D eigenvalue weighted by Crippen LogP contribution is 2.39. The molecule has 0 radical (unpaired) electrons. The Kier molecular flexibility index (Phi) is 3.42. The number of nitrogens with zero attached hydrogens (tertiary/aromatic N) is 4. The van der Waals surface area contributed by atoms with E-state index in [2.05, 4.69) is 36.9 Å². The molecule has 1 unspecified atom stereocenters. The smallest absolute Gasteiger partial charge is 0.269 e. The van der Waals surface area contributed by atoms with Crippen LogP contribution >= 0.6 is 11.8 Å². The normalized spacial score (nSPS) is 17.5. The molecule has 20 heavy (non-hydrogen) atoms. The van der Waals surface area contributed by atoms with Gasteiger partial charge in [-0.25, -0.2) is 0 Å². The lowest BCUT2D eigenvalue weighted by Crippen LogP contribution is -2.19. The van der Waals surface area contributed by atoms with Crippen LogP contribution in [0.25, 0.3) is 0 Å². The monoisotopic (exact) mass is 290 g/mol. The van der Waals surface area contributed by atoms with Crippen molar-refractivity contribution in [3.8, 4) is 0 Å². The first-order valence-corrected chi connectivity index (χ1v) is 6.83. The van der Waals surface area contributed by atoms with Crippen molar-refractivity contribution in [3.05, 3.63) is 34.8 Å². The van der Waals surface area contributed by atoms with Crippen molar-refractivity contribution >= 4 is 23.3 Å². The predicted octanol–water partition coefficient (Wildman–Crippen LogP) is 0.609. The van der Waals surface area contributed by atoms with Crippen LogP contribution in [-0.2, 0) is 11.2 Å². The quantitative estimate of drug-likeness (QED) is 0.611. The lowest BCUT2D eigenvalue weighted by molar-refractivity contribution is -0.114. The summed E-state index contributed by atoms with van der Waals surface area (Å²) in [4.78, 5) is 23.7. The van der Waals surface area contributed by atoms with Crippen molar-refractivity contribution in [3.63, 3.8) is 0 Å². The topological polar surface area (TPSA) is 117 Å². The van der Waals surface area contributed by atoms with Crippen LogP contribution in [0.15, 0.2) is 17.7 Å². The van der Waals surface area contributed by atoms with Gasteiger partial charge in [0.25, 0.3) is 5.78 Å². The molecule has 0 amide bonds. The number of ketones is 2. The van der Waals surface area contributed by atoms with Crippen LogP contribution in [0.3, 0.4) is 0 Å². The molecule has 3 rings (SSSR count). The lowest BCUT2D eigenvalue weighted by Gasteiger charge is -2.08. The Bertz CT molecular complexity index is 654. The average Bonchev–Trinajstić information content (AvgIpc) is 3.19. The van der Waals surface area contributed by atoms with Crippen LogP contribution in [-0.4, -0.2) is 42.4 Å². The fourth-order valence-electron chi connectivity index (χ4n) is 1.95. The molecule has 0 saturated carbocycles. The van der Waals surface area contributed by atoms with Gasteiger partial charge < -0.3 is 0 Å². The van der Waals surface area contributed by atoms with Crippen LogP contribution in [0.4, 0.5) is 0 Å². The molecule has 102 valence electrons. The number of nitrogens with one attached hydrogen (secondary N) is 2. The molecule has 0 bridgehead atoms. The maximum Gasteiger partial charge on any atom is 0.269 e. The lowest BCUT2D eigenvalue weighted by atomic mass is 10.0. The highest BCUT2D eigenvalue weighted by Gasteiger charge is 2.25. The summed E-state index contributed by atoms with van der Waals surface area (Å²) < 4.78 is 0. The third kappa shape index (κ3) is 2.39. The van der Waals surface area contributed by atoms with E-state index in [9.17, 15) is 9.59 Å². The molecule has 0 aromatic carbocycles.